The number of rotatable bonds is 3. The van der Waals surface area contributed by atoms with Gasteiger partial charge in [0.1, 0.15) is 0 Å². The van der Waals surface area contributed by atoms with Crippen molar-refractivity contribution in [3.05, 3.63) is 69.6 Å². The van der Waals surface area contributed by atoms with Crippen LogP contribution in [0.4, 0.5) is 0 Å². The van der Waals surface area contributed by atoms with Gasteiger partial charge in [-0.3, -0.25) is 0 Å². The topological polar surface area (TPSA) is 27.6 Å². The molecule has 2 heterocycles. The van der Waals surface area contributed by atoms with Gasteiger partial charge in [-0.15, -0.1) is 0 Å². The van der Waals surface area contributed by atoms with Gasteiger partial charge in [0.2, 0.25) is 0 Å². The second-order valence-corrected chi connectivity index (χ2v) is 7.92. The number of halogens is 1. The Hall–Kier alpha value is -1.21. The van der Waals surface area contributed by atoms with E-state index in [0.717, 1.165) is 18.3 Å². The molecule has 3 rings (SSSR count). The number of aliphatic imine (C=N–C) groups is 1. The van der Waals surface area contributed by atoms with Gasteiger partial charge in [0, 0.05) is 0 Å². The standard InChI is InChI=1S/C16H17IN3S/c1-21-16-18-10-8-15(19-16)14-7-9-17-20(12-14)11-13-5-3-2-4-6-13/h2-9,12H,10-11H2,1H3,(H,18,19)/q-1. The summed E-state index contributed by atoms with van der Waals surface area (Å²) in [5.41, 5.74) is 3.78. The fourth-order valence-corrected chi connectivity index (χ4v) is 4.55. The van der Waals surface area contributed by atoms with E-state index in [1.165, 1.54) is 16.8 Å². The van der Waals surface area contributed by atoms with Crippen LogP contribution < -0.4 is 26.8 Å². The van der Waals surface area contributed by atoms with Crippen LogP contribution in [0.25, 0.3) is 0 Å². The molecule has 1 aromatic rings. The van der Waals surface area contributed by atoms with Crippen molar-refractivity contribution in [1.82, 2.24) is 8.43 Å². The van der Waals surface area contributed by atoms with Crippen molar-refractivity contribution in [3.8, 4) is 0 Å². The van der Waals surface area contributed by atoms with E-state index < -0.39 is 0 Å². The Bertz CT molecular complexity index is 620. The van der Waals surface area contributed by atoms with Crippen LogP contribution in [-0.2, 0) is 6.54 Å². The van der Waals surface area contributed by atoms with Crippen LogP contribution >= 0.6 is 11.8 Å². The van der Waals surface area contributed by atoms with Gasteiger partial charge in [0.15, 0.2) is 0 Å². The maximum absolute atomic E-state index is 4.41. The van der Waals surface area contributed by atoms with Crippen LogP contribution in [0.3, 0.4) is 0 Å². The van der Waals surface area contributed by atoms with Crippen molar-refractivity contribution >= 4 is 16.9 Å². The van der Waals surface area contributed by atoms with Crippen LogP contribution in [0.15, 0.2) is 69.0 Å². The van der Waals surface area contributed by atoms with E-state index in [1.54, 1.807) is 11.8 Å². The van der Waals surface area contributed by atoms with Gasteiger partial charge >= 0.3 is 141 Å². The number of hydrogen-bond donors (Lipinski definition) is 1. The van der Waals surface area contributed by atoms with Crippen LogP contribution in [0.1, 0.15) is 5.56 Å². The van der Waals surface area contributed by atoms with E-state index in [4.69, 9.17) is 0 Å². The van der Waals surface area contributed by atoms with Gasteiger partial charge in [-0.1, -0.05) is 0 Å². The monoisotopic (exact) mass is 410 g/mol. The molecule has 0 saturated carbocycles. The Labute approximate surface area is 140 Å². The second-order valence-electron chi connectivity index (χ2n) is 4.61. The SMILES string of the molecule is CSC1=NCC=C(C2=CN(Cc3ccccc3)[I-]C=C2)N1. The van der Waals surface area contributed by atoms with E-state index in [2.05, 4.69) is 66.2 Å². The molecule has 110 valence electrons. The average molecular weight is 410 g/mol. The van der Waals surface area contributed by atoms with E-state index in [1.807, 2.05) is 6.26 Å². The number of nitrogens with zero attached hydrogens (tertiary/aromatic N) is 2. The van der Waals surface area contributed by atoms with Crippen molar-refractivity contribution in [3.63, 3.8) is 0 Å². The van der Waals surface area contributed by atoms with Crippen molar-refractivity contribution in [2.75, 3.05) is 12.8 Å². The molecule has 1 aromatic carbocycles. The summed E-state index contributed by atoms with van der Waals surface area (Å²) in [4.78, 5) is 4.41. The van der Waals surface area contributed by atoms with E-state index in [-0.39, 0.29) is 21.5 Å². The first kappa shape index (κ1) is 14.7. The zero-order chi connectivity index (χ0) is 14.5. The molecule has 0 spiro atoms. The Kier molecular flexibility index (Phi) is 5.03. The van der Waals surface area contributed by atoms with Gasteiger partial charge in [-0.2, -0.15) is 0 Å². The third-order valence-electron chi connectivity index (χ3n) is 3.16. The minimum absolute atomic E-state index is 0.0560. The minimum atomic E-state index is -0.0560. The zero-order valence-electron chi connectivity index (χ0n) is 11.8. The summed E-state index contributed by atoms with van der Waals surface area (Å²) in [5.74, 6) is 0. The number of nitrogens with one attached hydrogen (secondary N) is 1. The molecule has 3 nitrogen and oxygen atoms in total. The Morgan fingerprint density at radius 3 is 3.00 bits per heavy atom. The van der Waals surface area contributed by atoms with E-state index in [0.29, 0.717) is 0 Å². The van der Waals surface area contributed by atoms with Crippen molar-refractivity contribution in [2.45, 2.75) is 6.54 Å². The van der Waals surface area contributed by atoms with E-state index >= 15 is 0 Å². The van der Waals surface area contributed by atoms with Crippen LogP contribution in [0.2, 0.25) is 0 Å². The number of benzene rings is 1. The molecule has 0 unspecified atom stereocenters. The van der Waals surface area contributed by atoms with Crippen molar-refractivity contribution < 1.29 is 21.5 Å². The summed E-state index contributed by atoms with van der Waals surface area (Å²) in [6.45, 7) is 1.75. The van der Waals surface area contributed by atoms with Gasteiger partial charge in [0.25, 0.3) is 0 Å². The maximum atomic E-state index is 4.41. The first-order valence-electron chi connectivity index (χ1n) is 6.74. The fraction of sp³-hybridized carbons (Fsp3) is 0.188. The van der Waals surface area contributed by atoms with Gasteiger partial charge in [0.05, 0.1) is 0 Å². The van der Waals surface area contributed by atoms with Gasteiger partial charge in [-0.05, 0) is 0 Å². The molecule has 0 saturated heterocycles. The second kappa shape index (κ2) is 7.17. The van der Waals surface area contributed by atoms with Gasteiger partial charge in [-0.25, -0.2) is 0 Å². The molecule has 0 bridgehead atoms. The summed E-state index contributed by atoms with van der Waals surface area (Å²) in [6.07, 6.45) is 8.71. The summed E-state index contributed by atoms with van der Waals surface area (Å²) >= 11 is 1.60. The molecule has 0 aromatic heterocycles. The summed E-state index contributed by atoms with van der Waals surface area (Å²) in [6, 6.07) is 10.6. The number of amidine groups is 1. The fourth-order valence-electron chi connectivity index (χ4n) is 2.12. The van der Waals surface area contributed by atoms with E-state index in [9.17, 15) is 0 Å². The zero-order valence-corrected chi connectivity index (χ0v) is 14.8. The normalized spacial score (nSPS) is 18.1. The Morgan fingerprint density at radius 2 is 2.19 bits per heavy atom. The number of hydrogen-bond acceptors (Lipinski definition) is 4. The quantitative estimate of drug-likeness (QED) is 0.567. The average Bonchev–Trinajstić information content (AvgIpc) is 2.56. The van der Waals surface area contributed by atoms with Crippen molar-refractivity contribution in [1.29, 1.82) is 0 Å². The number of allylic oxidation sites excluding steroid dienone is 1. The first-order valence-corrected chi connectivity index (χ1v) is 10.2. The molecular weight excluding hydrogens is 393 g/mol. The number of thioether (sulfide) groups is 1. The predicted octanol–water partition coefficient (Wildman–Crippen LogP) is 0.110. The van der Waals surface area contributed by atoms with Crippen LogP contribution in [-0.4, -0.2) is 21.1 Å². The molecule has 0 atom stereocenters. The molecule has 0 fully saturated rings. The molecular formula is C16H17IN3S-. The molecule has 5 heteroatoms. The van der Waals surface area contributed by atoms with Crippen molar-refractivity contribution in [2.24, 2.45) is 4.99 Å². The third-order valence-corrected chi connectivity index (χ3v) is 5.79. The molecule has 2 aliphatic rings. The Morgan fingerprint density at radius 1 is 1.33 bits per heavy atom. The summed E-state index contributed by atoms with van der Waals surface area (Å²) in [5, 5.41) is 4.39. The molecule has 0 radical (unpaired) electrons. The molecule has 1 N–H and O–H groups in total. The van der Waals surface area contributed by atoms with Crippen LogP contribution in [0, 0.1) is 0 Å². The summed E-state index contributed by atoms with van der Waals surface area (Å²) < 4.78 is 4.76. The molecule has 0 aliphatic carbocycles. The molecule has 0 amide bonds. The van der Waals surface area contributed by atoms with Crippen LogP contribution in [0.5, 0.6) is 0 Å². The van der Waals surface area contributed by atoms with Gasteiger partial charge < -0.3 is 0 Å². The summed E-state index contributed by atoms with van der Waals surface area (Å²) in [7, 11) is 0. The third kappa shape index (κ3) is 3.91. The first-order chi connectivity index (χ1) is 10.3. The predicted molar refractivity (Wildman–Crippen MR) is 86.2 cm³/mol. The molecule has 21 heavy (non-hydrogen) atoms. The Balaban J connectivity index is 1.71. The molecule has 2 aliphatic heterocycles.